The molecule has 0 amide bonds. The summed E-state index contributed by atoms with van der Waals surface area (Å²) in [7, 11) is 0. The van der Waals surface area contributed by atoms with Crippen molar-refractivity contribution in [3.05, 3.63) is 0 Å². The molecule has 34 valence electrons. The third-order valence-corrected chi connectivity index (χ3v) is 1.57. The van der Waals surface area contributed by atoms with Crippen LogP contribution in [-0.4, -0.2) is 22.4 Å². The van der Waals surface area contributed by atoms with Gasteiger partial charge in [0.2, 0.25) is 0 Å². The monoisotopic (exact) mass is 103 g/mol. The first-order valence-corrected chi connectivity index (χ1v) is 3.21. The standard InChI is InChI=1S/C3H5NOS/c5-6-2-1-4-3-6/h1H,2-3H2. The molecule has 0 aromatic carbocycles. The van der Waals surface area contributed by atoms with Crippen LogP contribution in [0.3, 0.4) is 0 Å². The highest BCUT2D eigenvalue weighted by Crippen LogP contribution is 1.94. The summed E-state index contributed by atoms with van der Waals surface area (Å²) in [5.74, 6) is 1.19. The molecule has 3 heteroatoms. The van der Waals surface area contributed by atoms with Gasteiger partial charge in [-0.3, -0.25) is 0 Å². The van der Waals surface area contributed by atoms with Gasteiger partial charge in [0.15, 0.2) is 5.88 Å². The summed E-state index contributed by atoms with van der Waals surface area (Å²) in [6.07, 6.45) is 1.70. The summed E-state index contributed by atoms with van der Waals surface area (Å²) in [5.41, 5.74) is 0. The van der Waals surface area contributed by atoms with E-state index in [1.807, 2.05) is 0 Å². The van der Waals surface area contributed by atoms with Crippen LogP contribution in [0.1, 0.15) is 0 Å². The maximum atomic E-state index is 10.2. The zero-order valence-corrected chi connectivity index (χ0v) is 4.07. The van der Waals surface area contributed by atoms with E-state index in [0.29, 0.717) is 11.6 Å². The van der Waals surface area contributed by atoms with E-state index in [4.69, 9.17) is 0 Å². The first-order chi connectivity index (χ1) is 2.89. The second-order valence-corrected chi connectivity index (χ2v) is 2.57. The predicted molar refractivity (Wildman–Crippen MR) is 26.4 cm³/mol. The number of hydrogen-bond acceptors (Lipinski definition) is 2. The van der Waals surface area contributed by atoms with Crippen molar-refractivity contribution in [3.63, 3.8) is 0 Å². The molecular formula is C3H5NOS. The summed E-state index contributed by atoms with van der Waals surface area (Å²) >= 11 is -0.645. The second-order valence-electron chi connectivity index (χ2n) is 1.10. The first-order valence-electron chi connectivity index (χ1n) is 1.73. The van der Waals surface area contributed by atoms with Crippen LogP contribution in [0.2, 0.25) is 0 Å². The van der Waals surface area contributed by atoms with Gasteiger partial charge in [0, 0.05) is 0 Å². The van der Waals surface area contributed by atoms with Gasteiger partial charge in [-0.25, -0.2) is 4.99 Å². The van der Waals surface area contributed by atoms with Crippen molar-refractivity contribution in [1.82, 2.24) is 0 Å². The maximum Gasteiger partial charge on any atom is 0.195 e. The lowest BCUT2D eigenvalue weighted by molar-refractivity contribution is 0.601. The second kappa shape index (κ2) is 1.62. The minimum atomic E-state index is -0.645. The molecule has 2 nitrogen and oxygen atoms in total. The summed E-state index contributed by atoms with van der Waals surface area (Å²) < 4.78 is 10.2. The van der Waals surface area contributed by atoms with E-state index in [1.165, 1.54) is 0 Å². The Labute approximate surface area is 39.5 Å². The quantitative estimate of drug-likeness (QED) is 0.390. The van der Waals surface area contributed by atoms with Gasteiger partial charge in [-0.15, -0.1) is 0 Å². The molecule has 1 heterocycles. The lowest BCUT2D eigenvalue weighted by atomic mass is 10.9. The van der Waals surface area contributed by atoms with E-state index in [0.717, 1.165) is 0 Å². The van der Waals surface area contributed by atoms with Crippen molar-refractivity contribution < 1.29 is 4.55 Å². The topological polar surface area (TPSA) is 35.4 Å². The van der Waals surface area contributed by atoms with Crippen LogP contribution >= 0.6 is 0 Å². The van der Waals surface area contributed by atoms with Gasteiger partial charge in [0.1, 0.15) is 5.75 Å². The SMILES string of the molecule is [O-][S+]1CC=NC1. The van der Waals surface area contributed by atoms with Crippen molar-refractivity contribution in [2.75, 3.05) is 11.6 Å². The zero-order valence-electron chi connectivity index (χ0n) is 3.26. The van der Waals surface area contributed by atoms with Gasteiger partial charge >= 0.3 is 0 Å². The van der Waals surface area contributed by atoms with E-state index in [-0.39, 0.29) is 0 Å². The van der Waals surface area contributed by atoms with Crippen LogP contribution in [-0.2, 0) is 11.2 Å². The average Bonchev–Trinajstić information content (AvgIpc) is 1.86. The van der Waals surface area contributed by atoms with Crippen LogP contribution in [0, 0.1) is 0 Å². The van der Waals surface area contributed by atoms with E-state index in [2.05, 4.69) is 4.99 Å². The molecule has 0 aromatic heterocycles. The van der Waals surface area contributed by atoms with Gasteiger partial charge in [0.25, 0.3) is 0 Å². The van der Waals surface area contributed by atoms with Gasteiger partial charge in [0.05, 0.1) is 6.21 Å². The fourth-order valence-electron chi connectivity index (χ4n) is 0.324. The molecule has 0 aromatic rings. The molecule has 0 N–H and O–H groups in total. The molecule has 0 spiro atoms. The van der Waals surface area contributed by atoms with Crippen molar-refractivity contribution in [2.24, 2.45) is 4.99 Å². The Bertz CT molecular complexity index is 65.2. The summed E-state index contributed by atoms with van der Waals surface area (Å²) in [6, 6.07) is 0. The molecule has 1 aliphatic heterocycles. The van der Waals surface area contributed by atoms with Crippen molar-refractivity contribution in [3.8, 4) is 0 Å². The minimum Gasteiger partial charge on any atom is -0.615 e. The zero-order chi connectivity index (χ0) is 4.41. The molecule has 0 radical (unpaired) electrons. The Morgan fingerprint density at radius 2 is 2.67 bits per heavy atom. The molecule has 1 atom stereocenters. The molecule has 1 rings (SSSR count). The van der Waals surface area contributed by atoms with Crippen LogP contribution < -0.4 is 0 Å². The van der Waals surface area contributed by atoms with E-state index < -0.39 is 11.2 Å². The Morgan fingerprint density at radius 3 is 2.83 bits per heavy atom. The van der Waals surface area contributed by atoms with E-state index in [9.17, 15) is 4.55 Å². The molecule has 6 heavy (non-hydrogen) atoms. The van der Waals surface area contributed by atoms with Crippen LogP contribution in [0.25, 0.3) is 0 Å². The van der Waals surface area contributed by atoms with Crippen molar-refractivity contribution in [2.45, 2.75) is 0 Å². The van der Waals surface area contributed by atoms with Crippen LogP contribution in [0.5, 0.6) is 0 Å². The molecule has 0 aliphatic carbocycles. The fourth-order valence-corrected chi connectivity index (χ4v) is 0.973. The minimum absolute atomic E-state index is 0.528. The number of nitrogens with zero attached hydrogens (tertiary/aromatic N) is 1. The number of aliphatic imine (C=N–C) groups is 1. The van der Waals surface area contributed by atoms with Crippen LogP contribution in [0.4, 0.5) is 0 Å². The third kappa shape index (κ3) is 0.725. The Morgan fingerprint density at radius 1 is 1.83 bits per heavy atom. The Balaban J connectivity index is 2.32. The summed E-state index contributed by atoms with van der Waals surface area (Å²) in [5, 5.41) is 0. The number of rotatable bonds is 0. The molecule has 0 fully saturated rings. The van der Waals surface area contributed by atoms with Crippen molar-refractivity contribution in [1.29, 1.82) is 0 Å². The lowest BCUT2D eigenvalue weighted by Crippen LogP contribution is -2.01. The largest absolute Gasteiger partial charge is 0.615 e. The smallest absolute Gasteiger partial charge is 0.195 e. The van der Waals surface area contributed by atoms with E-state index in [1.54, 1.807) is 6.21 Å². The van der Waals surface area contributed by atoms with Gasteiger partial charge in [-0.05, 0) is 11.2 Å². The first kappa shape index (κ1) is 4.15. The Hall–Kier alpha value is -0.0200. The number of hydrogen-bond donors (Lipinski definition) is 0. The predicted octanol–water partition coefficient (Wildman–Crippen LogP) is -0.223. The molecular weight excluding hydrogens is 98.1 g/mol. The lowest BCUT2D eigenvalue weighted by Gasteiger charge is -1.94. The Kier molecular flexibility index (Phi) is 1.12. The van der Waals surface area contributed by atoms with Crippen molar-refractivity contribution >= 4 is 17.4 Å². The van der Waals surface area contributed by atoms with Gasteiger partial charge in [-0.2, -0.15) is 0 Å². The molecule has 1 aliphatic rings. The summed E-state index contributed by atoms with van der Waals surface area (Å²) in [6.45, 7) is 0. The highest BCUT2D eigenvalue weighted by Gasteiger charge is 2.05. The van der Waals surface area contributed by atoms with Gasteiger partial charge < -0.3 is 4.55 Å². The highest BCUT2D eigenvalue weighted by molar-refractivity contribution is 7.92. The van der Waals surface area contributed by atoms with E-state index >= 15 is 0 Å². The van der Waals surface area contributed by atoms with Gasteiger partial charge in [-0.1, -0.05) is 0 Å². The molecule has 0 saturated heterocycles. The fraction of sp³-hybridized carbons (Fsp3) is 0.667. The normalized spacial score (nSPS) is 31.8. The summed E-state index contributed by atoms with van der Waals surface area (Å²) in [4.78, 5) is 3.74. The molecule has 1 unspecified atom stereocenters. The maximum absolute atomic E-state index is 10.2. The van der Waals surface area contributed by atoms with Crippen LogP contribution in [0.15, 0.2) is 4.99 Å². The average molecular weight is 103 g/mol. The molecule has 0 saturated carbocycles. The molecule has 0 bridgehead atoms. The third-order valence-electron chi connectivity index (χ3n) is 0.608. The highest BCUT2D eigenvalue weighted by atomic mass is 32.2.